The summed E-state index contributed by atoms with van der Waals surface area (Å²) in [5.74, 6) is 0.143. The predicted molar refractivity (Wildman–Crippen MR) is 126 cm³/mol. The molecule has 32 heavy (non-hydrogen) atoms. The van der Waals surface area contributed by atoms with Gasteiger partial charge in [0, 0.05) is 29.7 Å². The smallest absolute Gasteiger partial charge is 0.254 e. The van der Waals surface area contributed by atoms with Crippen LogP contribution in [-0.4, -0.2) is 31.8 Å². The third-order valence-electron chi connectivity index (χ3n) is 6.35. The van der Waals surface area contributed by atoms with Crippen LogP contribution in [-0.2, 0) is 23.1 Å². The van der Waals surface area contributed by atoms with Gasteiger partial charge in [-0.25, -0.2) is 13.6 Å². The fourth-order valence-electron chi connectivity index (χ4n) is 4.53. The molecule has 2 aliphatic rings. The topological polar surface area (TPSA) is 92.5 Å². The van der Waals surface area contributed by atoms with Crippen LogP contribution in [0.25, 0.3) is 0 Å². The first-order valence-electron chi connectivity index (χ1n) is 11.2. The minimum absolute atomic E-state index is 0.0941. The molecule has 4 rings (SSSR count). The van der Waals surface area contributed by atoms with Crippen LogP contribution in [0.4, 0.5) is 0 Å². The number of halogens is 1. The molecule has 1 atom stereocenters. The molecule has 8 heteroatoms. The minimum Gasteiger partial charge on any atom is -0.331 e. The van der Waals surface area contributed by atoms with E-state index in [2.05, 4.69) is 12.2 Å². The van der Waals surface area contributed by atoms with E-state index in [-0.39, 0.29) is 22.8 Å². The lowest BCUT2D eigenvalue weighted by Crippen LogP contribution is -2.37. The summed E-state index contributed by atoms with van der Waals surface area (Å²) in [5, 5.41) is 9.65. The Bertz CT molecular complexity index is 1100. The van der Waals surface area contributed by atoms with E-state index in [9.17, 15) is 13.2 Å². The highest BCUT2D eigenvalue weighted by Crippen LogP contribution is 2.44. The molecule has 1 aliphatic carbocycles. The molecule has 1 amide bonds. The van der Waals surface area contributed by atoms with Crippen molar-refractivity contribution >= 4 is 27.5 Å². The summed E-state index contributed by atoms with van der Waals surface area (Å²) < 4.78 is 24.3. The number of sulfonamides is 1. The Kier molecular flexibility index (Phi) is 6.91. The zero-order chi connectivity index (χ0) is 22.9. The molecular formula is C24H30ClN3O3S. The number of hydrogen-bond acceptors (Lipinski definition) is 4. The largest absolute Gasteiger partial charge is 0.331 e. The maximum atomic E-state index is 13.2. The van der Waals surface area contributed by atoms with Gasteiger partial charge in [-0.2, -0.15) is 0 Å². The monoisotopic (exact) mass is 475 g/mol. The van der Waals surface area contributed by atoms with Gasteiger partial charge in [-0.3, -0.25) is 4.79 Å². The van der Waals surface area contributed by atoms with Crippen molar-refractivity contribution in [3.8, 4) is 0 Å². The Hall–Kier alpha value is -1.93. The van der Waals surface area contributed by atoms with Crippen LogP contribution in [0, 0.1) is 0 Å². The lowest BCUT2D eigenvalue weighted by molar-refractivity contribution is 0.0682. The second-order valence-corrected chi connectivity index (χ2v) is 10.8. The Labute approximate surface area is 195 Å². The van der Waals surface area contributed by atoms with E-state index in [0.717, 1.165) is 66.9 Å². The molecule has 0 radical (unpaired) electrons. The molecule has 2 aromatic carbocycles. The van der Waals surface area contributed by atoms with Gasteiger partial charge in [-0.05, 0) is 73.0 Å². The van der Waals surface area contributed by atoms with Crippen LogP contribution in [0.2, 0.25) is 5.02 Å². The molecule has 1 aliphatic heterocycles. The van der Waals surface area contributed by atoms with Gasteiger partial charge < -0.3 is 10.2 Å². The van der Waals surface area contributed by atoms with Crippen molar-refractivity contribution < 1.29 is 13.2 Å². The van der Waals surface area contributed by atoms with Crippen molar-refractivity contribution in [3.63, 3.8) is 0 Å². The average Bonchev–Trinajstić information content (AvgIpc) is 3.54. The van der Waals surface area contributed by atoms with Crippen molar-refractivity contribution in [3.05, 3.63) is 63.7 Å². The van der Waals surface area contributed by atoms with Crippen LogP contribution < -0.4 is 10.5 Å². The van der Waals surface area contributed by atoms with Crippen LogP contribution >= 0.6 is 11.6 Å². The van der Waals surface area contributed by atoms with Crippen molar-refractivity contribution in [2.45, 2.75) is 69.0 Å². The molecule has 0 spiro atoms. The molecule has 0 aromatic heterocycles. The molecule has 6 nitrogen and oxygen atoms in total. The quantitative estimate of drug-likeness (QED) is 0.504. The Morgan fingerprint density at radius 1 is 1.19 bits per heavy atom. The third-order valence-corrected chi connectivity index (χ3v) is 7.57. The number of hydrogen-bond donors (Lipinski definition) is 2. The number of primary sulfonamides is 1. The molecule has 1 unspecified atom stereocenters. The van der Waals surface area contributed by atoms with Crippen LogP contribution in [0.5, 0.6) is 0 Å². The van der Waals surface area contributed by atoms with Crippen molar-refractivity contribution in [1.82, 2.24) is 10.2 Å². The Morgan fingerprint density at radius 2 is 1.91 bits per heavy atom. The highest BCUT2D eigenvalue weighted by molar-refractivity contribution is 7.89. The van der Waals surface area contributed by atoms with Crippen molar-refractivity contribution in [2.75, 3.05) is 6.54 Å². The zero-order valence-corrected chi connectivity index (χ0v) is 19.9. The highest BCUT2D eigenvalue weighted by atomic mass is 35.5. The number of nitrogens with one attached hydrogen (secondary N) is 1. The van der Waals surface area contributed by atoms with Gasteiger partial charge in [0.05, 0.1) is 4.90 Å². The summed E-state index contributed by atoms with van der Waals surface area (Å²) in [5.41, 5.74) is 3.33. The van der Waals surface area contributed by atoms with Crippen LogP contribution in [0.15, 0.2) is 41.3 Å². The summed E-state index contributed by atoms with van der Waals surface area (Å²) in [6, 6.07) is 11.3. The van der Waals surface area contributed by atoms with Crippen LogP contribution in [0.1, 0.15) is 72.0 Å². The molecule has 1 saturated carbocycles. The van der Waals surface area contributed by atoms with E-state index >= 15 is 0 Å². The number of fused-ring (bicyclic) bond motifs is 1. The number of carbonyl (C=O) groups excluding carboxylic acids is 1. The van der Waals surface area contributed by atoms with Crippen molar-refractivity contribution in [1.29, 1.82) is 0 Å². The third kappa shape index (κ3) is 5.17. The van der Waals surface area contributed by atoms with E-state index in [4.69, 9.17) is 16.7 Å². The number of rotatable bonds is 10. The van der Waals surface area contributed by atoms with E-state index in [0.29, 0.717) is 12.1 Å². The van der Waals surface area contributed by atoms with Crippen molar-refractivity contribution in [2.24, 2.45) is 5.14 Å². The Balaban J connectivity index is 1.45. The maximum absolute atomic E-state index is 13.2. The lowest BCUT2D eigenvalue weighted by atomic mass is 10.0. The standard InChI is InChI=1S/C24H30ClN3O3S/c1-2-3-20(10-11-27-14-16-4-8-19(25)9-5-16)28-15-18-12-21(17-6-7-17)23(32(26,30)31)13-22(18)24(28)29/h4-5,8-9,12-13,17,20,27H,2-3,6-7,10-11,14-15H2,1H3,(H2,26,30,31). The first kappa shape index (κ1) is 23.2. The molecule has 1 fully saturated rings. The van der Waals surface area contributed by atoms with Crippen LogP contribution in [0.3, 0.4) is 0 Å². The number of nitrogens with zero attached hydrogens (tertiary/aromatic N) is 1. The molecule has 1 heterocycles. The summed E-state index contributed by atoms with van der Waals surface area (Å²) in [6.07, 6.45) is 4.64. The summed E-state index contributed by atoms with van der Waals surface area (Å²) in [4.78, 5) is 15.3. The van der Waals surface area contributed by atoms with Gasteiger partial charge in [0.1, 0.15) is 0 Å². The zero-order valence-electron chi connectivity index (χ0n) is 18.3. The number of carbonyl (C=O) groups is 1. The summed E-state index contributed by atoms with van der Waals surface area (Å²) >= 11 is 5.94. The van der Waals surface area contributed by atoms with E-state index in [1.807, 2.05) is 35.2 Å². The van der Waals surface area contributed by atoms with E-state index < -0.39 is 10.0 Å². The number of amides is 1. The molecule has 0 saturated heterocycles. The second kappa shape index (κ2) is 9.51. The Morgan fingerprint density at radius 3 is 2.53 bits per heavy atom. The highest BCUT2D eigenvalue weighted by Gasteiger charge is 2.37. The summed E-state index contributed by atoms with van der Waals surface area (Å²) in [6.45, 7) is 4.17. The second-order valence-electron chi connectivity index (χ2n) is 8.83. The normalized spacial score (nSPS) is 17.0. The van der Waals surface area contributed by atoms with Gasteiger partial charge in [-0.15, -0.1) is 0 Å². The molecule has 3 N–H and O–H groups in total. The van der Waals surface area contributed by atoms with Gasteiger partial charge in [0.2, 0.25) is 10.0 Å². The fourth-order valence-corrected chi connectivity index (χ4v) is 5.49. The molecule has 2 aromatic rings. The number of benzene rings is 2. The van der Waals surface area contributed by atoms with Gasteiger partial charge in [-0.1, -0.05) is 43.1 Å². The average molecular weight is 476 g/mol. The molecule has 172 valence electrons. The summed E-state index contributed by atoms with van der Waals surface area (Å²) in [7, 11) is -3.87. The van der Waals surface area contributed by atoms with Gasteiger partial charge >= 0.3 is 0 Å². The molecular weight excluding hydrogens is 446 g/mol. The van der Waals surface area contributed by atoms with Gasteiger partial charge in [0.25, 0.3) is 5.91 Å². The molecule has 0 bridgehead atoms. The predicted octanol–water partition coefficient (Wildman–Crippen LogP) is 4.17. The lowest BCUT2D eigenvalue weighted by Gasteiger charge is -2.28. The first-order valence-corrected chi connectivity index (χ1v) is 13.2. The maximum Gasteiger partial charge on any atom is 0.254 e. The first-order chi connectivity index (χ1) is 15.3. The minimum atomic E-state index is -3.87. The number of nitrogens with two attached hydrogens (primary N) is 1. The SMILES string of the molecule is CCCC(CCNCc1ccc(Cl)cc1)N1Cc2cc(C3CC3)c(S(N)(=O)=O)cc2C1=O. The van der Waals surface area contributed by atoms with E-state index in [1.165, 1.54) is 6.07 Å². The van der Waals surface area contributed by atoms with E-state index in [1.54, 1.807) is 0 Å². The fraction of sp³-hybridized carbons (Fsp3) is 0.458. The van der Waals surface area contributed by atoms with Gasteiger partial charge in [0.15, 0.2) is 0 Å².